The number of nitrogens with two attached hydrogens (primary N) is 1. The van der Waals surface area contributed by atoms with Crippen LogP contribution in [0.5, 0.6) is 0 Å². The van der Waals surface area contributed by atoms with Gasteiger partial charge in [0.05, 0.1) is 12.0 Å². The highest BCUT2D eigenvalue weighted by molar-refractivity contribution is 7.21. The predicted octanol–water partition coefficient (Wildman–Crippen LogP) is 5.39. The molecule has 3 aromatic heterocycles. The van der Waals surface area contributed by atoms with E-state index in [0.29, 0.717) is 16.1 Å². The van der Waals surface area contributed by atoms with E-state index in [2.05, 4.69) is 0 Å². The van der Waals surface area contributed by atoms with E-state index < -0.39 is 0 Å². The maximum absolute atomic E-state index is 13.2. The quantitative estimate of drug-likeness (QED) is 0.475. The summed E-state index contributed by atoms with van der Waals surface area (Å²) in [5.41, 5.74) is 10.5. The minimum atomic E-state index is -0.379. The van der Waals surface area contributed by atoms with E-state index in [4.69, 9.17) is 15.1 Å². The van der Waals surface area contributed by atoms with Gasteiger partial charge < -0.3 is 10.2 Å². The van der Waals surface area contributed by atoms with Gasteiger partial charge in [-0.1, -0.05) is 0 Å². The van der Waals surface area contributed by atoms with Crippen LogP contribution in [-0.2, 0) is 12.8 Å². The van der Waals surface area contributed by atoms with Crippen molar-refractivity contribution in [1.29, 1.82) is 0 Å². The van der Waals surface area contributed by atoms with Crippen LogP contribution in [0.2, 0.25) is 0 Å². The zero-order valence-electron chi connectivity index (χ0n) is 15.0. The van der Waals surface area contributed by atoms with Gasteiger partial charge in [-0.05, 0) is 67.6 Å². The van der Waals surface area contributed by atoms with Crippen LogP contribution in [-0.4, -0.2) is 10.8 Å². The van der Waals surface area contributed by atoms with Crippen LogP contribution in [0, 0.1) is 5.82 Å². The molecule has 5 rings (SSSR count). The van der Waals surface area contributed by atoms with Crippen molar-refractivity contribution in [1.82, 2.24) is 4.98 Å². The Labute approximate surface area is 164 Å². The van der Waals surface area contributed by atoms with E-state index in [0.717, 1.165) is 52.9 Å². The third-order valence-electron chi connectivity index (χ3n) is 5.23. The number of carbonyl (C=O) groups excluding carboxylic acids is 1. The minimum absolute atomic E-state index is 0.219. The van der Waals surface area contributed by atoms with Crippen molar-refractivity contribution in [3.05, 3.63) is 70.2 Å². The summed E-state index contributed by atoms with van der Waals surface area (Å²) < 4.78 is 18.9. The van der Waals surface area contributed by atoms with Crippen molar-refractivity contribution >= 4 is 33.0 Å². The first kappa shape index (κ1) is 17.1. The number of hydrogen-bond donors (Lipinski definition) is 1. The first-order valence-electron chi connectivity index (χ1n) is 9.21. The minimum Gasteiger partial charge on any atom is -0.464 e. The molecule has 0 atom stereocenters. The second-order valence-electron chi connectivity index (χ2n) is 6.96. The Balaban J connectivity index is 1.76. The molecule has 0 fully saturated rings. The molecule has 6 heteroatoms. The Morgan fingerprint density at radius 2 is 1.93 bits per heavy atom. The number of benzene rings is 1. The van der Waals surface area contributed by atoms with Crippen LogP contribution in [0.4, 0.5) is 10.1 Å². The molecule has 0 spiro atoms. The normalized spacial score (nSPS) is 13.6. The summed E-state index contributed by atoms with van der Waals surface area (Å²) in [6, 6.07) is 9.29. The van der Waals surface area contributed by atoms with Gasteiger partial charge in [0.15, 0.2) is 0 Å². The number of halogens is 1. The van der Waals surface area contributed by atoms with Gasteiger partial charge in [-0.25, -0.2) is 9.37 Å². The zero-order valence-corrected chi connectivity index (χ0v) is 15.8. The first-order chi connectivity index (χ1) is 13.6. The predicted molar refractivity (Wildman–Crippen MR) is 108 cm³/mol. The standard InChI is InChI=1S/C22H17FN2O2S/c23-13-9-7-12(8-10-13)20(26)21-19(24)18-17(16-6-3-11-27-16)14-4-1-2-5-15(14)25-22(18)28-21/h3,6-11H,1-2,4-5,24H2. The van der Waals surface area contributed by atoms with Gasteiger partial charge in [-0.3, -0.25) is 4.79 Å². The van der Waals surface area contributed by atoms with Crippen molar-refractivity contribution in [3.8, 4) is 11.3 Å². The number of nitrogens with zero attached hydrogens (tertiary/aromatic N) is 1. The van der Waals surface area contributed by atoms with Gasteiger partial charge >= 0.3 is 0 Å². The summed E-state index contributed by atoms with van der Waals surface area (Å²) in [4.78, 5) is 19.0. The highest BCUT2D eigenvalue weighted by Crippen LogP contribution is 2.44. The Hall–Kier alpha value is -2.99. The van der Waals surface area contributed by atoms with Gasteiger partial charge in [0.1, 0.15) is 21.3 Å². The second-order valence-corrected chi connectivity index (χ2v) is 7.96. The largest absolute Gasteiger partial charge is 0.464 e. The fourth-order valence-electron chi connectivity index (χ4n) is 3.90. The summed E-state index contributed by atoms with van der Waals surface area (Å²) in [6.45, 7) is 0. The third kappa shape index (κ3) is 2.64. The lowest BCUT2D eigenvalue weighted by Gasteiger charge is -2.18. The van der Waals surface area contributed by atoms with Crippen molar-refractivity contribution in [2.24, 2.45) is 0 Å². The number of thiophene rings is 1. The lowest BCUT2D eigenvalue weighted by molar-refractivity contribution is 0.104. The number of furan rings is 1. The molecule has 4 aromatic rings. The monoisotopic (exact) mass is 392 g/mol. The molecule has 1 aliphatic carbocycles. The van der Waals surface area contributed by atoms with Crippen LogP contribution in [0.15, 0.2) is 47.1 Å². The molecule has 2 N–H and O–H groups in total. The Kier molecular flexibility index (Phi) is 4.02. The van der Waals surface area contributed by atoms with Crippen LogP contribution in [0.25, 0.3) is 21.5 Å². The molecular formula is C22H17FN2O2S. The Bertz CT molecular complexity index is 1190. The molecule has 0 saturated heterocycles. The summed E-state index contributed by atoms with van der Waals surface area (Å²) in [6.07, 6.45) is 5.68. The fraction of sp³-hybridized carbons (Fsp3) is 0.182. The number of hydrogen-bond acceptors (Lipinski definition) is 5. The van der Waals surface area contributed by atoms with Gasteiger partial charge in [0, 0.05) is 22.2 Å². The third-order valence-corrected chi connectivity index (χ3v) is 6.33. The molecule has 0 bridgehead atoms. The Morgan fingerprint density at radius 3 is 2.68 bits per heavy atom. The molecule has 0 amide bonds. The van der Waals surface area contributed by atoms with E-state index in [1.165, 1.54) is 41.2 Å². The first-order valence-corrected chi connectivity index (χ1v) is 10.0. The van der Waals surface area contributed by atoms with Gasteiger partial charge in [-0.2, -0.15) is 0 Å². The molecule has 0 unspecified atom stereocenters. The summed E-state index contributed by atoms with van der Waals surface area (Å²) >= 11 is 1.29. The lowest BCUT2D eigenvalue weighted by Crippen LogP contribution is -2.07. The summed E-state index contributed by atoms with van der Waals surface area (Å²) in [5, 5.41) is 0.783. The van der Waals surface area contributed by atoms with Crippen LogP contribution in [0.3, 0.4) is 0 Å². The molecule has 28 heavy (non-hydrogen) atoms. The molecule has 4 nitrogen and oxygen atoms in total. The molecule has 0 saturated carbocycles. The van der Waals surface area contributed by atoms with Gasteiger partial charge in [0.2, 0.25) is 5.78 Å². The molecular weight excluding hydrogens is 375 g/mol. The maximum atomic E-state index is 13.2. The van der Waals surface area contributed by atoms with Crippen molar-refractivity contribution in [3.63, 3.8) is 0 Å². The molecule has 0 radical (unpaired) electrons. The van der Waals surface area contributed by atoms with E-state index in [-0.39, 0.29) is 11.6 Å². The second kappa shape index (κ2) is 6.56. The topological polar surface area (TPSA) is 69.1 Å². The number of ketones is 1. The van der Waals surface area contributed by atoms with Crippen molar-refractivity contribution in [2.45, 2.75) is 25.7 Å². The molecule has 140 valence electrons. The van der Waals surface area contributed by atoms with Crippen LogP contribution in [0.1, 0.15) is 39.3 Å². The molecule has 1 aliphatic rings. The van der Waals surface area contributed by atoms with E-state index in [1.807, 2.05) is 12.1 Å². The number of nitrogen functional groups attached to an aromatic ring is 1. The maximum Gasteiger partial charge on any atom is 0.205 e. The average molecular weight is 392 g/mol. The van der Waals surface area contributed by atoms with Gasteiger partial charge in [0.25, 0.3) is 0 Å². The SMILES string of the molecule is Nc1c(C(=O)c2ccc(F)cc2)sc2nc3c(c(-c4ccco4)c12)CCCC3. The number of fused-ring (bicyclic) bond motifs is 2. The van der Waals surface area contributed by atoms with E-state index >= 15 is 0 Å². The Morgan fingerprint density at radius 1 is 1.14 bits per heavy atom. The lowest BCUT2D eigenvalue weighted by atomic mass is 9.89. The molecule has 3 heterocycles. The number of aromatic nitrogens is 1. The smallest absolute Gasteiger partial charge is 0.205 e. The fourth-order valence-corrected chi connectivity index (χ4v) is 4.99. The number of rotatable bonds is 3. The average Bonchev–Trinajstić information content (AvgIpc) is 3.35. The molecule has 1 aromatic carbocycles. The van der Waals surface area contributed by atoms with E-state index in [9.17, 15) is 9.18 Å². The van der Waals surface area contributed by atoms with E-state index in [1.54, 1.807) is 6.26 Å². The highest BCUT2D eigenvalue weighted by atomic mass is 32.1. The molecule has 0 aliphatic heterocycles. The number of anilines is 1. The summed E-state index contributed by atoms with van der Waals surface area (Å²) in [7, 11) is 0. The van der Waals surface area contributed by atoms with Gasteiger partial charge in [-0.15, -0.1) is 11.3 Å². The number of carbonyl (C=O) groups is 1. The highest BCUT2D eigenvalue weighted by Gasteiger charge is 2.27. The van der Waals surface area contributed by atoms with Crippen molar-refractivity contribution in [2.75, 3.05) is 5.73 Å². The number of pyridine rings is 1. The van der Waals surface area contributed by atoms with Crippen LogP contribution < -0.4 is 5.73 Å². The number of aryl methyl sites for hydroxylation is 1. The summed E-state index contributed by atoms with van der Waals surface area (Å²) in [5.74, 6) is 0.148. The van der Waals surface area contributed by atoms with Crippen molar-refractivity contribution < 1.29 is 13.6 Å². The zero-order chi connectivity index (χ0) is 19.3. The van der Waals surface area contributed by atoms with Crippen LogP contribution >= 0.6 is 11.3 Å².